The van der Waals surface area contributed by atoms with Gasteiger partial charge in [0.2, 0.25) is 5.91 Å². The molecule has 3 aromatic rings. The van der Waals surface area contributed by atoms with Crippen LogP contribution in [0.3, 0.4) is 0 Å². The fourth-order valence-corrected chi connectivity index (χ4v) is 5.23. The molecule has 0 unspecified atom stereocenters. The van der Waals surface area contributed by atoms with Crippen LogP contribution in [0.1, 0.15) is 65.1 Å². The molecular weight excluding hydrogens is 412 g/mol. The lowest BCUT2D eigenvalue weighted by molar-refractivity contribution is -0.131. The maximum atomic E-state index is 13.1. The standard InChI is InChI=1S/C27H32N4O2/c1-20-7-3-4-8-22(20)18-26(32)29-14-9-21(10-15-29)23-11-16-31-25(17-23)24(19-28-31)27(33)30-12-5-2-6-13-30/h3-4,7-8,11,16-17,19,21H,2,5-6,9-10,12-15,18H2,1H3. The van der Waals surface area contributed by atoms with Crippen LogP contribution in [0.4, 0.5) is 0 Å². The minimum Gasteiger partial charge on any atom is -0.342 e. The molecule has 6 nitrogen and oxygen atoms in total. The number of fused-ring (bicyclic) bond motifs is 1. The number of nitrogens with zero attached hydrogens (tertiary/aromatic N) is 4. The van der Waals surface area contributed by atoms with Gasteiger partial charge in [0.25, 0.3) is 5.91 Å². The molecule has 5 rings (SSSR count). The number of benzene rings is 1. The maximum absolute atomic E-state index is 13.1. The van der Waals surface area contributed by atoms with E-state index in [1.54, 1.807) is 6.20 Å². The van der Waals surface area contributed by atoms with Gasteiger partial charge in [-0.1, -0.05) is 24.3 Å². The average Bonchev–Trinajstić information content (AvgIpc) is 3.29. The first-order valence-corrected chi connectivity index (χ1v) is 12.2. The molecular formula is C27H32N4O2. The molecule has 0 aliphatic carbocycles. The van der Waals surface area contributed by atoms with Crippen molar-refractivity contribution >= 4 is 17.3 Å². The molecule has 2 aliphatic heterocycles. The number of aromatic nitrogens is 2. The Balaban J connectivity index is 1.26. The quantitative estimate of drug-likeness (QED) is 0.606. The molecule has 0 atom stereocenters. The second-order valence-electron chi connectivity index (χ2n) is 9.46. The second kappa shape index (κ2) is 9.38. The molecule has 33 heavy (non-hydrogen) atoms. The molecule has 0 radical (unpaired) electrons. The summed E-state index contributed by atoms with van der Waals surface area (Å²) in [6.07, 6.45) is 9.40. The third-order valence-electron chi connectivity index (χ3n) is 7.34. The Kier molecular flexibility index (Phi) is 6.16. The number of likely N-dealkylation sites (tertiary alicyclic amines) is 2. The van der Waals surface area contributed by atoms with E-state index in [2.05, 4.69) is 30.2 Å². The summed E-state index contributed by atoms with van der Waals surface area (Å²) in [4.78, 5) is 29.9. The summed E-state index contributed by atoms with van der Waals surface area (Å²) < 4.78 is 1.81. The zero-order chi connectivity index (χ0) is 22.8. The molecule has 2 amide bonds. The Labute approximate surface area is 195 Å². The van der Waals surface area contributed by atoms with E-state index in [1.807, 2.05) is 38.7 Å². The molecule has 172 valence electrons. The number of piperidine rings is 2. The Morgan fingerprint density at radius 2 is 1.73 bits per heavy atom. The molecule has 0 saturated carbocycles. The third kappa shape index (κ3) is 4.52. The normalized spacial score (nSPS) is 17.5. The van der Waals surface area contributed by atoms with E-state index >= 15 is 0 Å². The number of aryl methyl sites for hydroxylation is 1. The van der Waals surface area contributed by atoms with E-state index < -0.39 is 0 Å². The van der Waals surface area contributed by atoms with Crippen LogP contribution in [0.15, 0.2) is 48.8 Å². The van der Waals surface area contributed by atoms with Crippen LogP contribution in [0.25, 0.3) is 5.52 Å². The fraction of sp³-hybridized carbons (Fsp3) is 0.444. The lowest BCUT2D eigenvalue weighted by Crippen LogP contribution is -2.38. The minimum absolute atomic E-state index is 0.0958. The van der Waals surface area contributed by atoms with Gasteiger partial charge < -0.3 is 9.80 Å². The zero-order valence-corrected chi connectivity index (χ0v) is 19.4. The second-order valence-corrected chi connectivity index (χ2v) is 9.46. The molecule has 1 aromatic carbocycles. The van der Waals surface area contributed by atoms with Gasteiger partial charge >= 0.3 is 0 Å². The van der Waals surface area contributed by atoms with Crippen molar-refractivity contribution in [1.82, 2.24) is 19.4 Å². The molecule has 0 bridgehead atoms. The van der Waals surface area contributed by atoms with Crippen molar-refractivity contribution in [2.45, 2.75) is 51.4 Å². The lowest BCUT2D eigenvalue weighted by Gasteiger charge is -2.32. The van der Waals surface area contributed by atoms with Gasteiger partial charge in [-0.2, -0.15) is 5.10 Å². The summed E-state index contributed by atoms with van der Waals surface area (Å²) in [5.74, 6) is 0.701. The van der Waals surface area contributed by atoms with Gasteiger partial charge in [-0.25, -0.2) is 4.52 Å². The van der Waals surface area contributed by atoms with E-state index in [9.17, 15) is 9.59 Å². The molecule has 2 aromatic heterocycles. The van der Waals surface area contributed by atoms with Crippen LogP contribution in [-0.2, 0) is 11.2 Å². The van der Waals surface area contributed by atoms with Crippen molar-refractivity contribution < 1.29 is 9.59 Å². The van der Waals surface area contributed by atoms with Crippen molar-refractivity contribution in [2.24, 2.45) is 0 Å². The Morgan fingerprint density at radius 1 is 0.970 bits per heavy atom. The van der Waals surface area contributed by atoms with Crippen LogP contribution in [0.5, 0.6) is 0 Å². The molecule has 2 aliphatic rings. The monoisotopic (exact) mass is 444 g/mol. The predicted octanol–water partition coefficient (Wildman–Crippen LogP) is 4.22. The first kappa shape index (κ1) is 21.7. The Bertz CT molecular complexity index is 1150. The SMILES string of the molecule is Cc1ccccc1CC(=O)N1CCC(c2ccn3ncc(C(=O)N4CCCCC4)c3c2)CC1. The summed E-state index contributed by atoms with van der Waals surface area (Å²) in [6, 6.07) is 12.4. The summed E-state index contributed by atoms with van der Waals surface area (Å²) in [7, 11) is 0. The number of carbonyl (C=O) groups is 2. The number of pyridine rings is 1. The van der Waals surface area contributed by atoms with Crippen LogP contribution >= 0.6 is 0 Å². The van der Waals surface area contributed by atoms with Crippen molar-refractivity contribution in [3.8, 4) is 0 Å². The summed E-state index contributed by atoms with van der Waals surface area (Å²) >= 11 is 0. The van der Waals surface area contributed by atoms with Gasteiger partial charge in [-0.05, 0) is 73.8 Å². The van der Waals surface area contributed by atoms with Crippen molar-refractivity contribution in [2.75, 3.05) is 26.2 Å². The number of hydrogen-bond acceptors (Lipinski definition) is 3. The Hall–Kier alpha value is -3.15. The maximum Gasteiger partial charge on any atom is 0.257 e. The minimum atomic E-state index is 0.0958. The first-order valence-electron chi connectivity index (χ1n) is 12.2. The highest BCUT2D eigenvalue weighted by molar-refractivity contribution is 6.00. The number of rotatable bonds is 4. The predicted molar refractivity (Wildman–Crippen MR) is 128 cm³/mol. The number of hydrogen-bond donors (Lipinski definition) is 0. The highest BCUT2D eigenvalue weighted by atomic mass is 16.2. The lowest BCUT2D eigenvalue weighted by atomic mass is 9.89. The average molecular weight is 445 g/mol. The molecule has 4 heterocycles. The van der Waals surface area contributed by atoms with Gasteiger partial charge in [0.05, 0.1) is 23.7 Å². The first-order chi connectivity index (χ1) is 16.1. The van der Waals surface area contributed by atoms with E-state index in [0.29, 0.717) is 17.9 Å². The number of amides is 2. The van der Waals surface area contributed by atoms with Crippen LogP contribution in [0, 0.1) is 6.92 Å². The smallest absolute Gasteiger partial charge is 0.257 e. The van der Waals surface area contributed by atoms with E-state index in [1.165, 1.54) is 17.5 Å². The van der Waals surface area contributed by atoms with Gasteiger partial charge in [0.15, 0.2) is 0 Å². The fourth-order valence-electron chi connectivity index (χ4n) is 5.23. The Morgan fingerprint density at radius 3 is 2.48 bits per heavy atom. The van der Waals surface area contributed by atoms with Crippen molar-refractivity contribution in [1.29, 1.82) is 0 Å². The highest BCUT2D eigenvalue weighted by Gasteiger charge is 2.26. The molecule has 2 fully saturated rings. The van der Waals surface area contributed by atoms with Crippen LogP contribution in [-0.4, -0.2) is 57.4 Å². The third-order valence-corrected chi connectivity index (χ3v) is 7.34. The highest BCUT2D eigenvalue weighted by Crippen LogP contribution is 2.30. The van der Waals surface area contributed by atoms with E-state index in [0.717, 1.165) is 62.9 Å². The molecule has 0 spiro atoms. The van der Waals surface area contributed by atoms with Crippen LogP contribution < -0.4 is 0 Å². The topological polar surface area (TPSA) is 57.9 Å². The summed E-state index contributed by atoms with van der Waals surface area (Å²) in [6.45, 7) is 5.29. The molecule has 0 N–H and O–H groups in total. The molecule has 2 saturated heterocycles. The number of carbonyl (C=O) groups excluding carboxylic acids is 2. The van der Waals surface area contributed by atoms with E-state index in [4.69, 9.17) is 0 Å². The summed E-state index contributed by atoms with van der Waals surface area (Å²) in [5.41, 5.74) is 5.11. The molecule has 6 heteroatoms. The zero-order valence-electron chi connectivity index (χ0n) is 19.4. The summed E-state index contributed by atoms with van der Waals surface area (Å²) in [5, 5.41) is 4.42. The van der Waals surface area contributed by atoms with Crippen molar-refractivity contribution in [3.05, 3.63) is 71.0 Å². The van der Waals surface area contributed by atoms with Gasteiger partial charge in [0, 0.05) is 32.4 Å². The van der Waals surface area contributed by atoms with Crippen LogP contribution in [0.2, 0.25) is 0 Å². The van der Waals surface area contributed by atoms with E-state index in [-0.39, 0.29) is 11.8 Å². The van der Waals surface area contributed by atoms with Gasteiger partial charge in [0.1, 0.15) is 0 Å². The van der Waals surface area contributed by atoms with Crippen molar-refractivity contribution in [3.63, 3.8) is 0 Å². The van der Waals surface area contributed by atoms with Gasteiger partial charge in [-0.3, -0.25) is 9.59 Å². The largest absolute Gasteiger partial charge is 0.342 e. The van der Waals surface area contributed by atoms with Gasteiger partial charge in [-0.15, -0.1) is 0 Å².